The van der Waals surface area contributed by atoms with Gasteiger partial charge in [-0.1, -0.05) is 12.1 Å². The van der Waals surface area contributed by atoms with E-state index in [4.69, 9.17) is 0 Å². The third-order valence-electron chi connectivity index (χ3n) is 5.38. The van der Waals surface area contributed by atoms with Crippen LogP contribution in [-0.4, -0.2) is 91.5 Å². The van der Waals surface area contributed by atoms with Crippen LogP contribution in [-0.2, 0) is 14.4 Å². The summed E-state index contributed by atoms with van der Waals surface area (Å²) in [6, 6.07) is 7.94. The number of amides is 3. The molecule has 1 fully saturated rings. The third kappa shape index (κ3) is 5.73. The van der Waals surface area contributed by atoms with Crippen molar-refractivity contribution in [1.29, 1.82) is 0 Å². The highest BCUT2D eigenvalue weighted by molar-refractivity contribution is 7.99. The van der Waals surface area contributed by atoms with E-state index in [2.05, 4.69) is 4.90 Å². The van der Waals surface area contributed by atoms with Gasteiger partial charge in [0.1, 0.15) is 0 Å². The van der Waals surface area contributed by atoms with Crippen LogP contribution in [0.25, 0.3) is 0 Å². The molecule has 8 heteroatoms. The number of anilines is 1. The molecule has 1 saturated heterocycles. The summed E-state index contributed by atoms with van der Waals surface area (Å²) in [5.41, 5.74) is 0.956. The Morgan fingerprint density at radius 2 is 1.72 bits per heavy atom. The smallest absolute Gasteiger partial charge is 0.236 e. The van der Waals surface area contributed by atoms with E-state index in [9.17, 15) is 14.4 Å². The van der Waals surface area contributed by atoms with Crippen molar-refractivity contribution in [2.75, 3.05) is 64.0 Å². The molecular formula is C21H30N4O3S. The largest absolute Gasteiger partial charge is 0.348 e. The van der Waals surface area contributed by atoms with E-state index in [1.54, 1.807) is 30.8 Å². The van der Waals surface area contributed by atoms with Gasteiger partial charge in [-0.05, 0) is 18.6 Å². The van der Waals surface area contributed by atoms with Crippen molar-refractivity contribution in [3.8, 4) is 0 Å². The molecule has 3 amide bonds. The molecule has 0 aromatic heterocycles. The second-order valence-corrected chi connectivity index (χ2v) is 8.80. The van der Waals surface area contributed by atoms with Gasteiger partial charge in [0.15, 0.2) is 0 Å². The van der Waals surface area contributed by atoms with Crippen LogP contribution in [0.15, 0.2) is 29.2 Å². The lowest BCUT2D eigenvalue weighted by atomic mass is 10.2. The van der Waals surface area contributed by atoms with Crippen molar-refractivity contribution in [2.24, 2.45) is 0 Å². The SMILES string of the molecule is CN(C)C(=O)CN1CCCN(C(=O)CCC(=O)N2CCSc3ccccc32)CC1. The van der Waals surface area contributed by atoms with Gasteiger partial charge in [-0.2, -0.15) is 0 Å². The second-order valence-electron chi connectivity index (χ2n) is 7.66. The number of hydrogen-bond donors (Lipinski definition) is 0. The Hall–Kier alpha value is -2.06. The molecule has 0 atom stereocenters. The van der Waals surface area contributed by atoms with Crippen molar-refractivity contribution >= 4 is 35.2 Å². The normalized spacial score (nSPS) is 17.4. The number of carbonyl (C=O) groups excluding carboxylic acids is 3. The maximum atomic E-state index is 12.7. The molecule has 0 spiro atoms. The van der Waals surface area contributed by atoms with E-state index < -0.39 is 0 Å². The summed E-state index contributed by atoms with van der Waals surface area (Å²) in [5.74, 6) is 0.998. The number of benzene rings is 1. The predicted molar refractivity (Wildman–Crippen MR) is 115 cm³/mol. The van der Waals surface area contributed by atoms with Crippen molar-refractivity contribution < 1.29 is 14.4 Å². The molecule has 0 saturated carbocycles. The number of fused-ring (bicyclic) bond motifs is 1. The number of carbonyl (C=O) groups is 3. The molecular weight excluding hydrogens is 388 g/mol. The van der Waals surface area contributed by atoms with Crippen LogP contribution in [0, 0.1) is 0 Å². The quantitative estimate of drug-likeness (QED) is 0.726. The lowest BCUT2D eigenvalue weighted by Gasteiger charge is -2.29. The number of nitrogens with zero attached hydrogens (tertiary/aromatic N) is 4. The van der Waals surface area contributed by atoms with Crippen molar-refractivity contribution in [1.82, 2.24) is 14.7 Å². The number of thioether (sulfide) groups is 1. The predicted octanol–water partition coefficient (Wildman–Crippen LogP) is 1.53. The highest BCUT2D eigenvalue weighted by atomic mass is 32.2. The Kier molecular flexibility index (Phi) is 7.55. The zero-order valence-electron chi connectivity index (χ0n) is 17.3. The average Bonchev–Trinajstić information content (AvgIpc) is 2.97. The standard InChI is InChI=1S/C21H30N4O3S/c1-22(2)21(28)16-23-10-5-11-24(13-12-23)19(26)8-9-20(27)25-14-15-29-18-7-4-3-6-17(18)25/h3-4,6-7H,5,8-16H2,1-2H3. The summed E-state index contributed by atoms with van der Waals surface area (Å²) in [6.45, 7) is 3.87. The van der Waals surface area contributed by atoms with Crippen LogP contribution in [0.5, 0.6) is 0 Å². The topological polar surface area (TPSA) is 64.2 Å². The molecule has 3 rings (SSSR count). The molecule has 2 aliphatic rings. The first kappa shape index (κ1) is 21.6. The molecule has 2 heterocycles. The highest BCUT2D eigenvalue weighted by Gasteiger charge is 2.25. The number of hydrogen-bond acceptors (Lipinski definition) is 5. The van der Waals surface area contributed by atoms with Crippen LogP contribution in [0.1, 0.15) is 19.3 Å². The fraction of sp³-hybridized carbons (Fsp3) is 0.571. The van der Waals surface area contributed by atoms with E-state index in [0.29, 0.717) is 32.7 Å². The molecule has 2 aliphatic heterocycles. The number of para-hydroxylation sites is 1. The molecule has 158 valence electrons. The van der Waals surface area contributed by atoms with E-state index in [0.717, 1.165) is 29.3 Å². The molecule has 0 N–H and O–H groups in total. The van der Waals surface area contributed by atoms with Crippen LogP contribution in [0.4, 0.5) is 5.69 Å². The first-order chi connectivity index (χ1) is 14.0. The molecule has 0 bridgehead atoms. The van der Waals surface area contributed by atoms with Crippen LogP contribution in [0.3, 0.4) is 0 Å². The molecule has 7 nitrogen and oxygen atoms in total. The zero-order valence-corrected chi connectivity index (χ0v) is 18.1. The summed E-state index contributed by atoms with van der Waals surface area (Å²) < 4.78 is 0. The zero-order chi connectivity index (χ0) is 20.8. The Bertz CT molecular complexity index is 755. The van der Waals surface area contributed by atoms with E-state index in [-0.39, 0.29) is 30.6 Å². The van der Waals surface area contributed by atoms with Crippen molar-refractivity contribution in [2.45, 2.75) is 24.2 Å². The third-order valence-corrected chi connectivity index (χ3v) is 6.42. The van der Waals surface area contributed by atoms with Crippen LogP contribution in [0.2, 0.25) is 0 Å². The molecule has 0 unspecified atom stereocenters. The van der Waals surface area contributed by atoms with E-state index >= 15 is 0 Å². The summed E-state index contributed by atoms with van der Waals surface area (Å²) in [5, 5.41) is 0. The first-order valence-electron chi connectivity index (χ1n) is 10.2. The average molecular weight is 419 g/mol. The molecule has 29 heavy (non-hydrogen) atoms. The lowest BCUT2D eigenvalue weighted by molar-refractivity contribution is -0.133. The summed E-state index contributed by atoms with van der Waals surface area (Å²) in [6.07, 6.45) is 1.32. The van der Waals surface area contributed by atoms with Gasteiger partial charge in [0.05, 0.1) is 12.2 Å². The van der Waals surface area contributed by atoms with E-state index in [1.807, 2.05) is 34.1 Å². The number of likely N-dealkylation sites (N-methyl/N-ethyl adjacent to an activating group) is 1. The Morgan fingerprint density at radius 3 is 2.52 bits per heavy atom. The van der Waals surface area contributed by atoms with Crippen LogP contribution >= 0.6 is 11.8 Å². The Labute approximate surface area is 177 Å². The Balaban J connectivity index is 1.48. The second kappa shape index (κ2) is 10.1. The molecule has 0 aliphatic carbocycles. The van der Waals surface area contributed by atoms with Gasteiger partial charge in [0, 0.05) is 70.3 Å². The van der Waals surface area contributed by atoms with Gasteiger partial charge in [-0.25, -0.2) is 0 Å². The summed E-state index contributed by atoms with van der Waals surface area (Å²) >= 11 is 1.76. The maximum absolute atomic E-state index is 12.7. The van der Waals surface area contributed by atoms with Crippen LogP contribution < -0.4 is 4.90 Å². The highest BCUT2D eigenvalue weighted by Crippen LogP contribution is 2.34. The summed E-state index contributed by atoms with van der Waals surface area (Å²) in [4.78, 5) is 45.8. The Morgan fingerprint density at radius 1 is 0.966 bits per heavy atom. The van der Waals surface area contributed by atoms with Gasteiger partial charge in [-0.15, -0.1) is 11.8 Å². The molecule has 0 radical (unpaired) electrons. The minimum atomic E-state index is 0.0131. The number of rotatable bonds is 5. The monoisotopic (exact) mass is 418 g/mol. The first-order valence-corrected chi connectivity index (χ1v) is 11.2. The fourth-order valence-electron chi connectivity index (χ4n) is 3.65. The van der Waals surface area contributed by atoms with Gasteiger partial charge >= 0.3 is 0 Å². The molecule has 1 aromatic carbocycles. The van der Waals surface area contributed by atoms with E-state index in [1.165, 1.54) is 0 Å². The lowest BCUT2D eigenvalue weighted by Crippen LogP contribution is -2.40. The summed E-state index contributed by atoms with van der Waals surface area (Å²) in [7, 11) is 3.51. The maximum Gasteiger partial charge on any atom is 0.236 e. The fourth-order valence-corrected chi connectivity index (χ4v) is 4.64. The van der Waals surface area contributed by atoms with Crippen molar-refractivity contribution in [3.63, 3.8) is 0 Å². The van der Waals surface area contributed by atoms with Gasteiger partial charge < -0.3 is 14.7 Å². The minimum absolute atomic E-state index is 0.0131. The van der Waals surface area contributed by atoms with Gasteiger partial charge in [0.2, 0.25) is 17.7 Å². The van der Waals surface area contributed by atoms with Gasteiger partial charge in [-0.3, -0.25) is 19.3 Å². The molecule has 1 aromatic rings. The van der Waals surface area contributed by atoms with Gasteiger partial charge in [0.25, 0.3) is 0 Å². The van der Waals surface area contributed by atoms with Crippen molar-refractivity contribution in [3.05, 3.63) is 24.3 Å². The minimum Gasteiger partial charge on any atom is -0.348 e.